The number of furan rings is 1. The summed E-state index contributed by atoms with van der Waals surface area (Å²) in [4.78, 5) is 15.1. The highest BCUT2D eigenvalue weighted by molar-refractivity contribution is 6.15. The highest BCUT2D eigenvalue weighted by Gasteiger charge is 2.22. The van der Waals surface area contributed by atoms with Crippen LogP contribution in [0, 0.1) is 0 Å². The van der Waals surface area contributed by atoms with Crippen molar-refractivity contribution in [2.24, 2.45) is 0 Å². The average Bonchev–Trinajstić information content (AvgIpc) is 3.77. The van der Waals surface area contributed by atoms with Gasteiger partial charge in [-0.1, -0.05) is 157 Å². The van der Waals surface area contributed by atoms with E-state index >= 15 is 0 Å². The summed E-state index contributed by atoms with van der Waals surface area (Å²) < 4.78 is 120. The first kappa shape index (κ1) is 20.7. The molecule has 0 spiro atoms. The molecule has 9 aromatic carbocycles. The van der Waals surface area contributed by atoms with Crippen LogP contribution in [0.4, 0.5) is 0 Å². The molecule has 2 heterocycles. The Morgan fingerprint density at radius 1 is 0.382 bits per heavy atom. The average molecular weight is 715 g/mol. The molecule has 256 valence electrons. The molecule has 0 unspecified atom stereocenters. The Morgan fingerprint density at radius 2 is 0.964 bits per heavy atom. The predicted octanol–water partition coefficient (Wildman–Crippen LogP) is 13.6. The van der Waals surface area contributed by atoms with Crippen LogP contribution in [0.3, 0.4) is 0 Å². The lowest BCUT2D eigenvalue weighted by Crippen LogP contribution is -2.01. The second-order valence-corrected chi connectivity index (χ2v) is 13.0. The molecule has 11 aromatic rings. The van der Waals surface area contributed by atoms with Gasteiger partial charge in [-0.15, -0.1) is 0 Å². The maximum atomic E-state index is 9.59. The minimum Gasteiger partial charge on any atom is -0.456 e. The van der Waals surface area contributed by atoms with Gasteiger partial charge in [0, 0.05) is 27.5 Å². The van der Waals surface area contributed by atoms with Gasteiger partial charge in [0.2, 0.25) is 0 Å². The van der Waals surface area contributed by atoms with Crippen molar-refractivity contribution in [2.75, 3.05) is 0 Å². The number of fused-ring (bicyclic) bond motifs is 6. The zero-order chi connectivity index (χ0) is 47.6. The Hall–Kier alpha value is -7.43. The zero-order valence-electron chi connectivity index (χ0n) is 41.6. The Bertz CT molecular complexity index is 4020. The van der Waals surface area contributed by atoms with Crippen LogP contribution >= 0.6 is 0 Å². The van der Waals surface area contributed by atoms with Crippen LogP contribution in [0.2, 0.25) is 0 Å². The molecule has 4 heteroatoms. The molecule has 0 saturated heterocycles. The van der Waals surface area contributed by atoms with Crippen LogP contribution < -0.4 is 0 Å². The minimum atomic E-state index is -0.554. The standard InChI is InChI=1S/C51H31N3O/c1-3-13-37-30-39(26-20-32(37)10-1)43-28-29-46-47(44-17-7-8-19-45(44)55-46)48(43)51-53-49(52-50(54-51)40-27-21-33-11-2-4-14-38(33)31-40)36-24-22-35(23-25-36)42-18-9-15-34-12-5-6-16-41(34)42/h1-31H/i5D,6D,7D,8D,9D,12D,15D,16D,17D,18D,19D,28D,29D. The number of rotatable bonds is 5. The second-order valence-electron chi connectivity index (χ2n) is 13.0. The third-order valence-corrected chi connectivity index (χ3v) is 9.78. The number of hydrogen-bond donors (Lipinski definition) is 0. The highest BCUT2D eigenvalue weighted by Crippen LogP contribution is 2.43. The Kier molecular flexibility index (Phi) is 4.75. The number of aromatic nitrogens is 3. The predicted molar refractivity (Wildman–Crippen MR) is 227 cm³/mol. The Balaban J connectivity index is 1.23. The maximum Gasteiger partial charge on any atom is 0.165 e. The molecular formula is C51H31N3O. The Morgan fingerprint density at radius 3 is 1.75 bits per heavy atom. The van der Waals surface area contributed by atoms with E-state index in [0.29, 0.717) is 22.3 Å². The van der Waals surface area contributed by atoms with Gasteiger partial charge in [0.1, 0.15) is 11.2 Å². The van der Waals surface area contributed by atoms with E-state index in [9.17, 15) is 2.74 Å². The van der Waals surface area contributed by atoms with Crippen molar-refractivity contribution >= 4 is 54.3 Å². The molecule has 0 aliphatic heterocycles. The summed E-state index contributed by atoms with van der Waals surface area (Å²) in [6, 6.07) is 27.3. The maximum absolute atomic E-state index is 9.59. The Labute approximate surface area is 335 Å². The molecule has 0 fully saturated rings. The van der Waals surface area contributed by atoms with Crippen molar-refractivity contribution in [1.82, 2.24) is 15.0 Å². The van der Waals surface area contributed by atoms with Crippen molar-refractivity contribution in [3.8, 4) is 56.4 Å². The molecule has 2 aromatic heterocycles. The first-order chi connectivity index (χ1) is 32.6. The molecule has 0 radical (unpaired) electrons. The number of para-hydroxylation sites is 1. The van der Waals surface area contributed by atoms with Crippen molar-refractivity contribution in [3.05, 3.63) is 188 Å². The van der Waals surface area contributed by atoms with Crippen LogP contribution in [0.15, 0.2) is 192 Å². The summed E-state index contributed by atoms with van der Waals surface area (Å²) in [6.45, 7) is 0. The molecular weight excluding hydrogens is 671 g/mol. The topological polar surface area (TPSA) is 51.8 Å². The quantitative estimate of drug-likeness (QED) is 0.178. The molecule has 0 N–H and O–H groups in total. The van der Waals surface area contributed by atoms with E-state index < -0.39 is 60.4 Å². The summed E-state index contributed by atoms with van der Waals surface area (Å²) in [5, 5.41) is 3.48. The normalized spacial score (nSPS) is 14.9. The fourth-order valence-electron chi connectivity index (χ4n) is 7.13. The van der Waals surface area contributed by atoms with Crippen molar-refractivity contribution < 1.29 is 22.2 Å². The van der Waals surface area contributed by atoms with E-state index in [0.717, 1.165) is 21.5 Å². The molecule has 0 saturated carbocycles. The van der Waals surface area contributed by atoms with Gasteiger partial charge in [-0.25, -0.2) is 15.0 Å². The van der Waals surface area contributed by atoms with Gasteiger partial charge in [0.05, 0.1) is 17.8 Å². The first-order valence-electron chi connectivity index (χ1n) is 24.0. The molecule has 55 heavy (non-hydrogen) atoms. The summed E-state index contributed by atoms with van der Waals surface area (Å²) in [5.41, 5.74) is 1.93. The third-order valence-electron chi connectivity index (χ3n) is 9.78. The third kappa shape index (κ3) is 5.34. The summed E-state index contributed by atoms with van der Waals surface area (Å²) in [6.07, 6.45) is 0. The minimum absolute atomic E-state index is 0.000627. The summed E-state index contributed by atoms with van der Waals surface area (Å²) >= 11 is 0. The van der Waals surface area contributed by atoms with Gasteiger partial charge < -0.3 is 4.42 Å². The molecule has 0 aliphatic rings. The number of nitrogens with zero attached hydrogens (tertiary/aromatic N) is 3. The van der Waals surface area contributed by atoms with E-state index in [1.807, 2.05) is 84.9 Å². The van der Waals surface area contributed by atoms with Crippen LogP contribution in [-0.4, -0.2) is 15.0 Å². The van der Waals surface area contributed by atoms with Crippen LogP contribution in [0.25, 0.3) is 111 Å². The van der Waals surface area contributed by atoms with E-state index in [1.165, 1.54) is 0 Å². The van der Waals surface area contributed by atoms with E-state index in [1.54, 1.807) is 24.3 Å². The monoisotopic (exact) mass is 714 g/mol. The fourth-order valence-corrected chi connectivity index (χ4v) is 7.13. The van der Waals surface area contributed by atoms with Gasteiger partial charge in [-0.2, -0.15) is 0 Å². The molecule has 0 atom stereocenters. The molecule has 4 nitrogen and oxygen atoms in total. The van der Waals surface area contributed by atoms with Crippen molar-refractivity contribution in [3.63, 3.8) is 0 Å². The number of benzene rings is 9. The molecule has 0 bridgehead atoms. The largest absolute Gasteiger partial charge is 0.456 e. The number of hydrogen-bond acceptors (Lipinski definition) is 4. The van der Waals surface area contributed by atoms with Crippen molar-refractivity contribution in [1.29, 1.82) is 0 Å². The zero-order valence-corrected chi connectivity index (χ0v) is 28.6. The smallest absolute Gasteiger partial charge is 0.165 e. The molecule has 11 rings (SSSR count). The SMILES string of the molecule is [2H]c1c([2H])c([2H])c2c(oc3c([2H])c([2H])c(-c4ccc5ccccc5c4)c(-c4nc(-c5ccc(-c6c([2H])c([2H])c([2H])c7c([2H])c([2H])c([2H])c([2H])c67)cc5)nc(-c5ccc6ccccc6c5)n4)c32)c1[2H]. The van der Waals surface area contributed by atoms with Crippen LogP contribution in [0.1, 0.15) is 17.8 Å². The van der Waals surface area contributed by atoms with Gasteiger partial charge in [0.15, 0.2) is 17.5 Å². The van der Waals surface area contributed by atoms with Gasteiger partial charge in [0.25, 0.3) is 0 Å². The first-order valence-corrected chi connectivity index (χ1v) is 17.5. The van der Waals surface area contributed by atoms with E-state index in [-0.39, 0.29) is 85.0 Å². The van der Waals surface area contributed by atoms with Crippen LogP contribution in [-0.2, 0) is 0 Å². The lowest BCUT2D eigenvalue weighted by Gasteiger charge is -2.14. The lowest BCUT2D eigenvalue weighted by atomic mass is 9.93. The van der Waals surface area contributed by atoms with E-state index in [2.05, 4.69) is 0 Å². The molecule has 0 amide bonds. The lowest BCUT2D eigenvalue weighted by molar-refractivity contribution is 0.669. The van der Waals surface area contributed by atoms with E-state index in [4.69, 9.17) is 34.4 Å². The fraction of sp³-hybridized carbons (Fsp3) is 0. The molecule has 0 aliphatic carbocycles. The summed E-state index contributed by atoms with van der Waals surface area (Å²) in [5.74, 6) is 0.326. The van der Waals surface area contributed by atoms with Crippen molar-refractivity contribution in [2.45, 2.75) is 0 Å². The van der Waals surface area contributed by atoms with Gasteiger partial charge in [-0.05, 0) is 84.8 Å². The van der Waals surface area contributed by atoms with Gasteiger partial charge in [-0.3, -0.25) is 0 Å². The van der Waals surface area contributed by atoms with Gasteiger partial charge >= 0.3 is 0 Å². The summed E-state index contributed by atoms with van der Waals surface area (Å²) in [7, 11) is 0. The highest BCUT2D eigenvalue weighted by atomic mass is 16.3. The second kappa shape index (κ2) is 12.6. The van der Waals surface area contributed by atoms with Crippen LogP contribution in [0.5, 0.6) is 0 Å².